The smallest absolute Gasteiger partial charge is 0.223 e. The number of ether oxygens (including phenoxy) is 1. The van der Waals surface area contributed by atoms with E-state index in [2.05, 4.69) is 5.32 Å². The van der Waals surface area contributed by atoms with Crippen LogP contribution in [0.25, 0.3) is 0 Å². The molecule has 0 spiro atoms. The lowest BCUT2D eigenvalue weighted by Crippen LogP contribution is -2.46. The number of methoxy groups -OCH3 is 1. The van der Waals surface area contributed by atoms with E-state index in [0.717, 1.165) is 13.1 Å². The van der Waals surface area contributed by atoms with Crippen molar-refractivity contribution in [1.82, 2.24) is 10.2 Å². The van der Waals surface area contributed by atoms with Crippen molar-refractivity contribution in [2.75, 3.05) is 46.5 Å². The zero-order valence-corrected chi connectivity index (χ0v) is 9.24. The van der Waals surface area contributed by atoms with E-state index in [0.29, 0.717) is 32.0 Å². The summed E-state index contributed by atoms with van der Waals surface area (Å²) in [5.41, 5.74) is 0. The second-order valence-corrected chi connectivity index (χ2v) is 3.83. The van der Waals surface area contributed by atoms with Gasteiger partial charge in [0.05, 0.1) is 13.2 Å². The minimum atomic E-state index is 0.0123. The number of hydrogen-bond donors (Lipinski definition) is 2. The molecule has 0 aliphatic carbocycles. The van der Waals surface area contributed by atoms with Crippen molar-refractivity contribution in [3.8, 4) is 0 Å². The highest BCUT2D eigenvalue weighted by Gasteiger charge is 2.23. The lowest BCUT2D eigenvalue weighted by molar-refractivity contribution is -0.133. The predicted molar refractivity (Wildman–Crippen MR) is 56.5 cm³/mol. The minimum absolute atomic E-state index is 0.0123. The molecule has 0 saturated carbocycles. The number of nitrogens with zero attached hydrogens (tertiary/aromatic N) is 1. The fourth-order valence-electron chi connectivity index (χ4n) is 1.55. The molecule has 2 N–H and O–H groups in total. The maximum absolute atomic E-state index is 11.8. The molecule has 1 saturated heterocycles. The number of aliphatic hydroxyl groups is 1. The van der Waals surface area contributed by atoms with Crippen LogP contribution < -0.4 is 5.32 Å². The molecule has 1 amide bonds. The largest absolute Gasteiger partial charge is 0.395 e. The van der Waals surface area contributed by atoms with Crippen LogP contribution in [0.15, 0.2) is 0 Å². The molecule has 5 heteroatoms. The first-order chi connectivity index (χ1) is 7.27. The maximum atomic E-state index is 11.8. The number of carbonyl (C=O) groups is 1. The fourth-order valence-corrected chi connectivity index (χ4v) is 1.55. The number of rotatable bonds is 7. The Balaban J connectivity index is 2.28. The molecule has 0 bridgehead atoms. The first-order valence-corrected chi connectivity index (χ1v) is 5.36. The van der Waals surface area contributed by atoms with Gasteiger partial charge in [0.15, 0.2) is 0 Å². The van der Waals surface area contributed by atoms with E-state index >= 15 is 0 Å². The Morgan fingerprint density at radius 2 is 2.27 bits per heavy atom. The molecule has 1 aliphatic heterocycles. The van der Waals surface area contributed by atoms with Gasteiger partial charge in [-0.25, -0.2) is 0 Å². The van der Waals surface area contributed by atoms with Crippen molar-refractivity contribution >= 4 is 5.91 Å². The summed E-state index contributed by atoms with van der Waals surface area (Å²) in [5.74, 6) is 0.592. The highest BCUT2D eigenvalue weighted by Crippen LogP contribution is 2.10. The number of carbonyl (C=O) groups excluding carboxylic acids is 1. The van der Waals surface area contributed by atoms with Crippen LogP contribution >= 0.6 is 0 Å². The van der Waals surface area contributed by atoms with Crippen molar-refractivity contribution in [1.29, 1.82) is 0 Å². The molecule has 1 aliphatic rings. The summed E-state index contributed by atoms with van der Waals surface area (Å²) in [6, 6.07) is 0. The average Bonchev–Trinajstić information content (AvgIpc) is 2.18. The van der Waals surface area contributed by atoms with Crippen molar-refractivity contribution in [3.05, 3.63) is 0 Å². The molecule has 88 valence electrons. The highest BCUT2D eigenvalue weighted by atomic mass is 16.5. The molecule has 0 atom stereocenters. The van der Waals surface area contributed by atoms with Gasteiger partial charge >= 0.3 is 0 Å². The molecular formula is C10H20N2O3. The van der Waals surface area contributed by atoms with Crippen LogP contribution in [-0.2, 0) is 9.53 Å². The lowest BCUT2D eigenvalue weighted by atomic mass is 9.99. The number of nitrogens with one attached hydrogen (secondary N) is 1. The SMILES string of the molecule is COCCN(CCO)C(=O)CC1CNC1. The van der Waals surface area contributed by atoms with Gasteiger partial charge in [-0.1, -0.05) is 0 Å². The van der Waals surface area contributed by atoms with Crippen LogP contribution in [0.3, 0.4) is 0 Å². The fraction of sp³-hybridized carbons (Fsp3) is 0.900. The van der Waals surface area contributed by atoms with Gasteiger partial charge in [0, 0.05) is 26.6 Å². The second-order valence-electron chi connectivity index (χ2n) is 3.83. The summed E-state index contributed by atoms with van der Waals surface area (Å²) in [5, 5.41) is 12.0. The standard InChI is InChI=1S/C10H20N2O3/c1-15-5-3-12(2-4-13)10(14)6-9-7-11-8-9/h9,11,13H,2-8H2,1H3. The Kier molecular flexibility index (Phi) is 5.60. The van der Waals surface area contributed by atoms with Gasteiger partial charge in [-0.2, -0.15) is 0 Å². The Labute approximate surface area is 90.4 Å². The molecule has 1 heterocycles. The summed E-state index contributed by atoms with van der Waals surface area (Å²) in [6.07, 6.45) is 0.580. The molecule has 1 fully saturated rings. The Bertz CT molecular complexity index is 195. The van der Waals surface area contributed by atoms with Gasteiger partial charge in [-0.05, 0) is 19.0 Å². The zero-order valence-electron chi connectivity index (χ0n) is 9.24. The van der Waals surface area contributed by atoms with E-state index in [9.17, 15) is 4.79 Å². The van der Waals surface area contributed by atoms with Crippen LogP contribution in [0, 0.1) is 5.92 Å². The lowest BCUT2D eigenvalue weighted by Gasteiger charge is -2.29. The van der Waals surface area contributed by atoms with Gasteiger partial charge in [0.1, 0.15) is 0 Å². The number of hydrogen-bond acceptors (Lipinski definition) is 4. The third-order valence-electron chi connectivity index (χ3n) is 2.62. The summed E-state index contributed by atoms with van der Waals surface area (Å²) < 4.78 is 4.93. The minimum Gasteiger partial charge on any atom is -0.395 e. The first-order valence-electron chi connectivity index (χ1n) is 5.36. The van der Waals surface area contributed by atoms with Crippen molar-refractivity contribution < 1.29 is 14.6 Å². The van der Waals surface area contributed by atoms with Crippen LogP contribution in [0.5, 0.6) is 0 Å². The monoisotopic (exact) mass is 216 g/mol. The molecule has 0 aromatic carbocycles. The Morgan fingerprint density at radius 3 is 2.73 bits per heavy atom. The van der Waals surface area contributed by atoms with Crippen LogP contribution in [0.2, 0.25) is 0 Å². The van der Waals surface area contributed by atoms with E-state index < -0.39 is 0 Å². The summed E-state index contributed by atoms with van der Waals surface area (Å²) in [6.45, 7) is 3.37. The predicted octanol–water partition coefficient (Wildman–Crippen LogP) is -0.937. The van der Waals surface area contributed by atoms with Crippen molar-refractivity contribution in [3.63, 3.8) is 0 Å². The molecule has 0 aromatic heterocycles. The van der Waals surface area contributed by atoms with Gasteiger partial charge < -0.3 is 20.1 Å². The molecular weight excluding hydrogens is 196 g/mol. The zero-order chi connectivity index (χ0) is 11.1. The van der Waals surface area contributed by atoms with Crippen LogP contribution in [-0.4, -0.2) is 62.4 Å². The highest BCUT2D eigenvalue weighted by molar-refractivity contribution is 5.76. The molecule has 0 radical (unpaired) electrons. The summed E-state index contributed by atoms with van der Waals surface area (Å²) >= 11 is 0. The molecule has 1 rings (SSSR count). The first kappa shape index (κ1) is 12.4. The van der Waals surface area contributed by atoms with Gasteiger partial charge in [0.2, 0.25) is 5.91 Å². The van der Waals surface area contributed by atoms with Crippen LogP contribution in [0.1, 0.15) is 6.42 Å². The van der Waals surface area contributed by atoms with Crippen LogP contribution in [0.4, 0.5) is 0 Å². The van der Waals surface area contributed by atoms with E-state index in [1.165, 1.54) is 0 Å². The van der Waals surface area contributed by atoms with Gasteiger partial charge in [-0.3, -0.25) is 4.79 Å². The summed E-state index contributed by atoms with van der Waals surface area (Å²) in [4.78, 5) is 13.4. The van der Waals surface area contributed by atoms with Crippen molar-refractivity contribution in [2.24, 2.45) is 5.92 Å². The van der Waals surface area contributed by atoms with E-state index in [1.54, 1.807) is 12.0 Å². The molecule has 0 unspecified atom stereocenters. The molecule has 15 heavy (non-hydrogen) atoms. The average molecular weight is 216 g/mol. The van der Waals surface area contributed by atoms with Crippen molar-refractivity contribution in [2.45, 2.75) is 6.42 Å². The van der Waals surface area contributed by atoms with Gasteiger partial charge in [0.25, 0.3) is 0 Å². The van der Waals surface area contributed by atoms with E-state index in [-0.39, 0.29) is 12.5 Å². The third kappa shape index (κ3) is 4.15. The second kappa shape index (κ2) is 6.76. The maximum Gasteiger partial charge on any atom is 0.223 e. The number of aliphatic hydroxyl groups excluding tert-OH is 1. The number of amides is 1. The van der Waals surface area contributed by atoms with Gasteiger partial charge in [-0.15, -0.1) is 0 Å². The normalized spacial score (nSPS) is 16.1. The Hall–Kier alpha value is -0.650. The molecule has 5 nitrogen and oxygen atoms in total. The quantitative estimate of drug-likeness (QED) is 0.577. The summed E-state index contributed by atoms with van der Waals surface area (Å²) in [7, 11) is 1.61. The van der Waals surface area contributed by atoms with E-state index in [1.807, 2.05) is 0 Å². The Morgan fingerprint density at radius 1 is 1.53 bits per heavy atom. The molecule has 0 aromatic rings. The third-order valence-corrected chi connectivity index (χ3v) is 2.62. The van der Waals surface area contributed by atoms with E-state index in [4.69, 9.17) is 9.84 Å². The topological polar surface area (TPSA) is 61.8 Å².